The second kappa shape index (κ2) is 7.23. The molecule has 0 aliphatic carbocycles. The summed E-state index contributed by atoms with van der Waals surface area (Å²) in [4.78, 5) is 29.8. The monoisotopic (exact) mass is 375 g/mol. The molecule has 6 nitrogen and oxygen atoms in total. The van der Waals surface area contributed by atoms with Gasteiger partial charge in [-0.05, 0) is 63.9 Å². The minimum absolute atomic E-state index is 0.0566. The number of carbonyl (C=O) groups is 1. The predicted molar refractivity (Wildman–Crippen MR) is 104 cm³/mol. The van der Waals surface area contributed by atoms with Crippen molar-refractivity contribution in [2.24, 2.45) is 5.92 Å². The molecule has 1 saturated heterocycles. The van der Waals surface area contributed by atoms with Gasteiger partial charge in [-0.25, -0.2) is 4.79 Å². The first kappa shape index (κ1) is 18.6. The molecule has 1 N–H and O–H groups in total. The smallest absolute Gasteiger partial charge is 0.410 e. The predicted octanol–water partition coefficient (Wildman–Crippen LogP) is 3.71. The molecule has 0 radical (unpaired) electrons. The third-order valence-corrected chi connectivity index (χ3v) is 4.92. The fourth-order valence-corrected chi connectivity index (χ4v) is 3.51. The number of piperidine rings is 1. The van der Waals surface area contributed by atoms with Crippen molar-refractivity contribution in [1.82, 2.24) is 14.5 Å². The average molecular weight is 375 g/mol. The van der Waals surface area contributed by atoms with Gasteiger partial charge in [-0.15, -0.1) is 0 Å². The van der Waals surface area contributed by atoms with E-state index in [-0.39, 0.29) is 11.7 Å². The van der Waals surface area contributed by atoms with E-state index in [4.69, 9.17) is 17.0 Å². The molecule has 1 aliphatic heterocycles. The highest BCUT2D eigenvalue weighted by molar-refractivity contribution is 7.71. The van der Waals surface area contributed by atoms with Crippen molar-refractivity contribution in [3.05, 3.63) is 39.4 Å². The van der Waals surface area contributed by atoms with Crippen LogP contribution in [0.5, 0.6) is 0 Å². The van der Waals surface area contributed by atoms with E-state index in [9.17, 15) is 9.59 Å². The fraction of sp³-hybridized carbons (Fsp3) is 0.526. The van der Waals surface area contributed by atoms with E-state index in [2.05, 4.69) is 4.98 Å². The van der Waals surface area contributed by atoms with Crippen LogP contribution in [0.3, 0.4) is 0 Å². The number of amides is 1. The molecule has 0 saturated carbocycles. The molecule has 7 heteroatoms. The Hall–Kier alpha value is -2.15. The maximum Gasteiger partial charge on any atom is 0.410 e. The number of nitrogens with zero attached hydrogens (tertiary/aromatic N) is 2. The number of benzene rings is 1. The van der Waals surface area contributed by atoms with Gasteiger partial charge >= 0.3 is 6.09 Å². The lowest BCUT2D eigenvalue weighted by molar-refractivity contribution is 0.0177. The normalized spacial score (nSPS) is 16.0. The number of hydrogen-bond donors (Lipinski definition) is 1. The molecule has 140 valence electrons. The lowest BCUT2D eigenvalue weighted by Gasteiger charge is -2.33. The molecule has 1 aromatic heterocycles. The third-order valence-electron chi connectivity index (χ3n) is 4.60. The number of H-pyrrole nitrogens is 1. The Morgan fingerprint density at radius 1 is 1.27 bits per heavy atom. The highest BCUT2D eigenvalue weighted by Crippen LogP contribution is 2.21. The van der Waals surface area contributed by atoms with Gasteiger partial charge in [0.2, 0.25) is 0 Å². The molecule has 0 spiro atoms. The first-order valence-corrected chi connectivity index (χ1v) is 9.35. The Labute approximate surface area is 157 Å². The number of para-hydroxylation sites is 1. The van der Waals surface area contributed by atoms with Gasteiger partial charge in [-0.2, -0.15) is 0 Å². The van der Waals surface area contributed by atoms with Gasteiger partial charge in [0.05, 0.1) is 10.9 Å². The maximum atomic E-state index is 12.7. The van der Waals surface area contributed by atoms with Crippen LogP contribution in [0.15, 0.2) is 29.1 Å². The summed E-state index contributed by atoms with van der Waals surface area (Å²) in [5.41, 5.74) is 0.219. The van der Waals surface area contributed by atoms with Crippen molar-refractivity contribution in [3.63, 3.8) is 0 Å². The zero-order valence-corrected chi connectivity index (χ0v) is 16.3. The quantitative estimate of drug-likeness (QED) is 0.813. The summed E-state index contributed by atoms with van der Waals surface area (Å²) in [7, 11) is 0. The van der Waals surface area contributed by atoms with Gasteiger partial charge < -0.3 is 14.6 Å². The van der Waals surface area contributed by atoms with Gasteiger partial charge in [-0.1, -0.05) is 12.1 Å². The molecule has 0 unspecified atom stereocenters. The van der Waals surface area contributed by atoms with Crippen molar-refractivity contribution >= 4 is 29.2 Å². The number of rotatable bonds is 2. The van der Waals surface area contributed by atoms with E-state index in [0.29, 0.717) is 35.7 Å². The lowest BCUT2D eigenvalue weighted by Crippen LogP contribution is -2.42. The molecular formula is C19H25N3O3S. The summed E-state index contributed by atoms with van der Waals surface area (Å²) >= 11 is 5.38. The van der Waals surface area contributed by atoms with Gasteiger partial charge in [-0.3, -0.25) is 9.36 Å². The van der Waals surface area contributed by atoms with Crippen molar-refractivity contribution in [1.29, 1.82) is 0 Å². The Bertz CT molecular complexity index is 918. The lowest BCUT2D eigenvalue weighted by atomic mass is 9.97. The van der Waals surface area contributed by atoms with Gasteiger partial charge in [0.15, 0.2) is 4.77 Å². The SMILES string of the molecule is CC(C)(C)OC(=O)N1CCC(Cn2c(=S)[nH]c3ccccc3c2=O)CC1. The first-order valence-electron chi connectivity index (χ1n) is 8.94. The van der Waals surface area contributed by atoms with Crippen LogP contribution in [0.25, 0.3) is 10.9 Å². The van der Waals surface area contributed by atoms with E-state index < -0.39 is 5.60 Å². The van der Waals surface area contributed by atoms with Crippen LogP contribution in [0.2, 0.25) is 0 Å². The molecule has 2 aromatic rings. The second-order valence-corrected chi connectivity index (χ2v) is 8.19. The largest absolute Gasteiger partial charge is 0.444 e. The molecule has 1 aromatic carbocycles. The van der Waals surface area contributed by atoms with Gasteiger partial charge in [0.1, 0.15) is 5.60 Å². The highest BCUT2D eigenvalue weighted by Gasteiger charge is 2.27. The van der Waals surface area contributed by atoms with E-state index in [0.717, 1.165) is 18.4 Å². The number of carbonyl (C=O) groups excluding carboxylic acids is 1. The molecule has 0 bridgehead atoms. The molecule has 0 atom stereocenters. The Balaban J connectivity index is 1.69. The van der Waals surface area contributed by atoms with E-state index in [1.165, 1.54) is 0 Å². The van der Waals surface area contributed by atoms with Crippen LogP contribution in [0.4, 0.5) is 4.79 Å². The number of fused-ring (bicyclic) bond motifs is 1. The van der Waals surface area contributed by atoms with Crippen molar-refractivity contribution in [3.8, 4) is 0 Å². The summed E-state index contributed by atoms with van der Waals surface area (Å²) in [6.07, 6.45) is 1.39. The number of nitrogens with one attached hydrogen (secondary N) is 1. The summed E-state index contributed by atoms with van der Waals surface area (Å²) in [6, 6.07) is 7.40. The number of likely N-dealkylation sites (tertiary alicyclic amines) is 1. The second-order valence-electron chi connectivity index (χ2n) is 7.80. The average Bonchev–Trinajstić information content (AvgIpc) is 2.57. The number of ether oxygens (including phenoxy) is 1. The number of aromatic nitrogens is 2. The van der Waals surface area contributed by atoms with Crippen LogP contribution >= 0.6 is 12.2 Å². The number of aromatic amines is 1. The van der Waals surface area contributed by atoms with Crippen LogP contribution in [0.1, 0.15) is 33.6 Å². The summed E-state index contributed by atoms with van der Waals surface area (Å²) < 4.78 is 7.52. The molecule has 26 heavy (non-hydrogen) atoms. The van der Waals surface area contributed by atoms with Crippen molar-refractivity contribution < 1.29 is 9.53 Å². The summed E-state index contributed by atoms with van der Waals surface area (Å²) in [5.74, 6) is 0.308. The number of hydrogen-bond acceptors (Lipinski definition) is 4. The zero-order valence-electron chi connectivity index (χ0n) is 15.4. The Kier molecular flexibility index (Phi) is 5.18. The Morgan fingerprint density at radius 3 is 2.58 bits per heavy atom. The summed E-state index contributed by atoms with van der Waals surface area (Å²) in [5, 5.41) is 0.646. The highest BCUT2D eigenvalue weighted by atomic mass is 32.1. The molecule has 2 heterocycles. The van der Waals surface area contributed by atoms with Crippen LogP contribution in [0, 0.1) is 10.7 Å². The maximum absolute atomic E-state index is 12.7. The van der Waals surface area contributed by atoms with Crippen LogP contribution in [-0.2, 0) is 11.3 Å². The van der Waals surface area contributed by atoms with Gasteiger partial charge in [0.25, 0.3) is 5.56 Å². The molecule has 1 fully saturated rings. The molecule has 1 aliphatic rings. The molecule has 3 rings (SSSR count). The van der Waals surface area contributed by atoms with Crippen LogP contribution in [-0.4, -0.2) is 39.2 Å². The van der Waals surface area contributed by atoms with Crippen molar-refractivity contribution in [2.75, 3.05) is 13.1 Å². The van der Waals surface area contributed by atoms with Crippen molar-refractivity contribution in [2.45, 2.75) is 45.8 Å². The topological polar surface area (TPSA) is 67.3 Å². The molecular weight excluding hydrogens is 350 g/mol. The van der Waals surface area contributed by atoms with Gasteiger partial charge in [0, 0.05) is 19.6 Å². The third kappa shape index (κ3) is 4.15. The zero-order chi connectivity index (χ0) is 18.9. The summed E-state index contributed by atoms with van der Waals surface area (Å²) in [6.45, 7) is 7.44. The van der Waals surface area contributed by atoms with E-state index in [1.807, 2.05) is 45.0 Å². The molecule has 1 amide bonds. The van der Waals surface area contributed by atoms with E-state index in [1.54, 1.807) is 9.47 Å². The minimum atomic E-state index is -0.487. The Morgan fingerprint density at radius 2 is 1.92 bits per heavy atom. The first-order chi connectivity index (χ1) is 12.2. The fourth-order valence-electron chi connectivity index (χ4n) is 3.25. The van der Waals surface area contributed by atoms with E-state index >= 15 is 0 Å². The minimum Gasteiger partial charge on any atom is -0.444 e. The van der Waals surface area contributed by atoms with Crippen LogP contribution < -0.4 is 5.56 Å². The standard InChI is InChI=1S/C19H25N3O3S/c1-19(2,3)25-18(24)21-10-8-13(9-11-21)12-22-16(23)14-6-4-5-7-15(14)20-17(22)26/h4-7,13H,8-12H2,1-3H3,(H,20,26).